The predicted molar refractivity (Wildman–Crippen MR) is 45.7 cm³/mol. The Morgan fingerprint density at radius 2 is 2.42 bits per heavy atom. The van der Waals surface area contributed by atoms with E-state index in [0.29, 0.717) is 0 Å². The molecule has 1 aromatic heterocycles. The Hall–Kier alpha value is -1.23. The second-order valence-corrected chi connectivity index (χ2v) is 2.86. The van der Waals surface area contributed by atoms with Crippen molar-refractivity contribution in [3.8, 4) is 0 Å². The molecule has 0 saturated carbocycles. The number of rotatable bonds is 2. The number of nitrogens with zero attached hydrogens (tertiary/aromatic N) is 2. The molecule has 0 aliphatic rings. The Bertz CT molecular complexity index is 306. The van der Waals surface area contributed by atoms with Gasteiger partial charge in [0.2, 0.25) is 0 Å². The standard InChI is InChI=1S/C7H8N2O2S/c1-5-6(12-9-8-5)3-4-7(10)11-2/h3-4H,1-2H3. The van der Waals surface area contributed by atoms with Crippen molar-refractivity contribution < 1.29 is 9.53 Å². The highest BCUT2D eigenvalue weighted by molar-refractivity contribution is 7.06. The molecule has 0 aliphatic carbocycles. The summed E-state index contributed by atoms with van der Waals surface area (Å²) in [4.78, 5) is 11.5. The van der Waals surface area contributed by atoms with E-state index in [1.165, 1.54) is 24.7 Å². The fraction of sp³-hybridized carbons (Fsp3) is 0.286. The highest BCUT2D eigenvalue weighted by Gasteiger charge is 1.98. The van der Waals surface area contributed by atoms with Crippen LogP contribution in [-0.4, -0.2) is 22.7 Å². The summed E-state index contributed by atoms with van der Waals surface area (Å²) in [6, 6.07) is 0. The van der Waals surface area contributed by atoms with Crippen LogP contribution in [-0.2, 0) is 9.53 Å². The number of carbonyl (C=O) groups is 1. The Morgan fingerprint density at radius 3 is 2.92 bits per heavy atom. The first-order chi connectivity index (χ1) is 5.74. The number of aromatic nitrogens is 2. The summed E-state index contributed by atoms with van der Waals surface area (Å²) in [5.41, 5.74) is 0.820. The highest BCUT2D eigenvalue weighted by Crippen LogP contribution is 2.10. The molecular formula is C7H8N2O2S. The van der Waals surface area contributed by atoms with Crippen LogP contribution >= 0.6 is 11.5 Å². The summed E-state index contributed by atoms with van der Waals surface area (Å²) >= 11 is 1.25. The normalized spacial score (nSPS) is 10.5. The molecule has 64 valence electrons. The number of esters is 1. The zero-order chi connectivity index (χ0) is 8.97. The smallest absolute Gasteiger partial charge is 0.330 e. The van der Waals surface area contributed by atoms with Gasteiger partial charge in [0, 0.05) is 6.08 Å². The molecule has 4 nitrogen and oxygen atoms in total. The third-order valence-corrected chi connectivity index (χ3v) is 2.05. The van der Waals surface area contributed by atoms with Crippen molar-refractivity contribution in [2.75, 3.05) is 7.11 Å². The van der Waals surface area contributed by atoms with E-state index in [1.54, 1.807) is 6.08 Å². The van der Waals surface area contributed by atoms with E-state index in [4.69, 9.17) is 0 Å². The second-order valence-electron chi connectivity index (χ2n) is 2.08. The molecule has 0 saturated heterocycles. The van der Waals surface area contributed by atoms with Gasteiger partial charge in [0.15, 0.2) is 0 Å². The molecule has 0 N–H and O–H groups in total. The van der Waals surface area contributed by atoms with E-state index in [-0.39, 0.29) is 5.97 Å². The zero-order valence-electron chi connectivity index (χ0n) is 6.77. The minimum absolute atomic E-state index is 0.372. The fourth-order valence-corrected chi connectivity index (χ4v) is 1.16. The van der Waals surface area contributed by atoms with Crippen LogP contribution in [0.25, 0.3) is 6.08 Å². The first-order valence-corrected chi connectivity index (χ1v) is 4.06. The minimum atomic E-state index is -0.372. The van der Waals surface area contributed by atoms with Crippen LogP contribution in [0.2, 0.25) is 0 Å². The van der Waals surface area contributed by atoms with Crippen molar-refractivity contribution in [1.29, 1.82) is 0 Å². The lowest BCUT2D eigenvalue weighted by Crippen LogP contribution is -1.93. The van der Waals surface area contributed by atoms with E-state index in [0.717, 1.165) is 10.6 Å². The van der Waals surface area contributed by atoms with Crippen LogP contribution in [0, 0.1) is 6.92 Å². The van der Waals surface area contributed by atoms with Gasteiger partial charge in [-0.2, -0.15) is 0 Å². The molecule has 0 spiro atoms. The maximum atomic E-state index is 10.7. The average molecular weight is 184 g/mol. The number of hydrogen-bond donors (Lipinski definition) is 0. The quantitative estimate of drug-likeness (QED) is 0.509. The van der Waals surface area contributed by atoms with Crippen molar-refractivity contribution in [1.82, 2.24) is 9.59 Å². The Morgan fingerprint density at radius 1 is 1.67 bits per heavy atom. The maximum absolute atomic E-state index is 10.7. The molecule has 0 aliphatic heterocycles. The number of ether oxygens (including phenoxy) is 1. The van der Waals surface area contributed by atoms with Gasteiger partial charge in [-0.15, -0.1) is 5.10 Å². The average Bonchev–Trinajstić information content (AvgIpc) is 2.47. The molecule has 1 heterocycles. The van der Waals surface area contributed by atoms with Crippen LogP contribution in [0.1, 0.15) is 10.6 Å². The molecule has 0 radical (unpaired) electrons. The molecule has 5 heteroatoms. The summed E-state index contributed by atoms with van der Waals surface area (Å²) in [6.07, 6.45) is 2.99. The molecule has 0 atom stereocenters. The molecule has 1 rings (SSSR count). The topological polar surface area (TPSA) is 52.1 Å². The number of hydrogen-bond acceptors (Lipinski definition) is 5. The first kappa shape index (κ1) is 8.86. The third kappa shape index (κ3) is 2.13. The van der Waals surface area contributed by atoms with E-state index in [9.17, 15) is 4.79 Å². The predicted octanol–water partition coefficient (Wildman–Crippen LogP) is 1.03. The van der Waals surface area contributed by atoms with Gasteiger partial charge in [-0.1, -0.05) is 4.49 Å². The molecule has 0 fully saturated rings. The van der Waals surface area contributed by atoms with Gasteiger partial charge >= 0.3 is 5.97 Å². The number of methoxy groups -OCH3 is 1. The van der Waals surface area contributed by atoms with Crippen LogP contribution in [0.15, 0.2) is 6.08 Å². The number of carbonyl (C=O) groups excluding carboxylic acids is 1. The van der Waals surface area contributed by atoms with Crippen LogP contribution in [0.3, 0.4) is 0 Å². The monoisotopic (exact) mass is 184 g/mol. The van der Waals surface area contributed by atoms with Gasteiger partial charge in [0.1, 0.15) is 0 Å². The molecule has 1 aromatic rings. The minimum Gasteiger partial charge on any atom is -0.466 e. The van der Waals surface area contributed by atoms with Crippen molar-refractivity contribution in [3.05, 3.63) is 16.6 Å². The van der Waals surface area contributed by atoms with Gasteiger partial charge < -0.3 is 4.74 Å². The maximum Gasteiger partial charge on any atom is 0.330 e. The summed E-state index contributed by atoms with van der Waals surface area (Å²) in [5, 5.41) is 3.79. The lowest BCUT2D eigenvalue weighted by atomic mass is 10.3. The Kier molecular flexibility index (Phi) is 2.93. The van der Waals surface area contributed by atoms with Crippen LogP contribution in [0.5, 0.6) is 0 Å². The van der Waals surface area contributed by atoms with Crippen molar-refractivity contribution in [3.63, 3.8) is 0 Å². The van der Waals surface area contributed by atoms with Gasteiger partial charge in [-0.05, 0) is 24.5 Å². The van der Waals surface area contributed by atoms with Crippen molar-refractivity contribution in [2.24, 2.45) is 0 Å². The third-order valence-electron chi connectivity index (χ3n) is 1.26. The molecule has 12 heavy (non-hydrogen) atoms. The summed E-state index contributed by atoms with van der Waals surface area (Å²) in [7, 11) is 1.34. The van der Waals surface area contributed by atoms with Crippen molar-refractivity contribution in [2.45, 2.75) is 6.92 Å². The van der Waals surface area contributed by atoms with Crippen LogP contribution in [0.4, 0.5) is 0 Å². The SMILES string of the molecule is COC(=O)C=Cc1snnc1C. The second kappa shape index (κ2) is 3.96. The van der Waals surface area contributed by atoms with E-state index in [1.807, 2.05) is 6.92 Å². The van der Waals surface area contributed by atoms with E-state index < -0.39 is 0 Å². The first-order valence-electron chi connectivity index (χ1n) is 3.29. The van der Waals surface area contributed by atoms with E-state index >= 15 is 0 Å². The molecule has 0 unspecified atom stereocenters. The Balaban J connectivity index is 2.69. The molecular weight excluding hydrogens is 176 g/mol. The fourth-order valence-electron chi connectivity index (χ4n) is 0.604. The van der Waals surface area contributed by atoms with E-state index in [2.05, 4.69) is 14.3 Å². The summed E-state index contributed by atoms with van der Waals surface area (Å²) < 4.78 is 8.14. The van der Waals surface area contributed by atoms with Gasteiger partial charge in [0.25, 0.3) is 0 Å². The number of aryl methyl sites for hydroxylation is 1. The molecule has 0 bridgehead atoms. The van der Waals surface area contributed by atoms with Crippen molar-refractivity contribution >= 4 is 23.6 Å². The lowest BCUT2D eigenvalue weighted by molar-refractivity contribution is -0.134. The zero-order valence-corrected chi connectivity index (χ0v) is 7.59. The lowest BCUT2D eigenvalue weighted by Gasteiger charge is -1.88. The van der Waals surface area contributed by atoms with Gasteiger partial charge in [-0.25, -0.2) is 4.79 Å². The molecule has 0 amide bonds. The Labute approximate surface area is 74.0 Å². The van der Waals surface area contributed by atoms with Crippen LogP contribution < -0.4 is 0 Å². The highest BCUT2D eigenvalue weighted by atomic mass is 32.1. The largest absolute Gasteiger partial charge is 0.466 e. The van der Waals surface area contributed by atoms with Gasteiger partial charge in [-0.3, -0.25) is 0 Å². The molecule has 0 aromatic carbocycles. The van der Waals surface area contributed by atoms with Gasteiger partial charge in [0.05, 0.1) is 17.7 Å². The summed E-state index contributed by atoms with van der Waals surface area (Å²) in [5.74, 6) is -0.372. The summed E-state index contributed by atoms with van der Waals surface area (Å²) in [6.45, 7) is 1.83.